The lowest BCUT2D eigenvalue weighted by Crippen LogP contribution is -2.56. The van der Waals surface area contributed by atoms with E-state index in [1.165, 1.54) is 0 Å². The van der Waals surface area contributed by atoms with Crippen LogP contribution in [0.25, 0.3) is 90.9 Å². The summed E-state index contributed by atoms with van der Waals surface area (Å²) >= 11 is 0. The molecule has 2 aliphatic heterocycles. The second kappa shape index (κ2) is 32.2. The lowest BCUT2D eigenvalue weighted by Gasteiger charge is -2.37. The maximum atomic E-state index is 15.2. The largest absolute Gasteiger partial charge is 0.430 e. The van der Waals surface area contributed by atoms with Gasteiger partial charge in [-0.3, -0.25) is 18.2 Å². The Kier molecular flexibility index (Phi) is 25.3. The molecule has 4 aromatic carbocycles. The molecule has 8 bridgehead atoms. The van der Waals surface area contributed by atoms with Crippen molar-refractivity contribution in [2.24, 2.45) is 0 Å². The van der Waals surface area contributed by atoms with Crippen molar-refractivity contribution in [2.75, 3.05) is 49.4 Å². The molecule has 0 fully saturated rings. The van der Waals surface area contributed by atoms with Crippen LogP contribution in [-0.2, 0) is 81.8 Å². The fourth-order valence-corrected chi connectivity index (χ4v) is 14.6. The summed E-state index contributed by atoms with van der Waals surface area (Å²) < 4.78 is 510. The zero-order valence-electron chi connectivity index (χ0n) is 57.6. The predicted octanol–water partition coefficient (Wildman–Crippen LogP) is 17.8. The van der Waals surface area contributed by atoms with Crippen LogP contribution < -0.4 is 0 Å². The van der Waals surface area contributed by atoms with Crippen LogP contribution in [0.4, 0.5) is 105 Å². The molecule has 9 rings (SSSR count). The number of hydrogen-bond acceptors (Lipinski definition) is 14. The molecule has 0 saturated carbocycles. The van der Waals surface area contributed by atoms with Gasteiger partial charge in [0.25, 0.3) is 62.9 Å². The van der Waals surface area contributed by atoms with E-state index in [4.69, 9.17) is 18.2 Å². The first-order valence-electron chi connectivity index (χ1n) is 32.5. The normalized spacial score (nSPS) is 14.4. The molecule has 6 N–H and O–H groups in total. The van der Waals surface area contributed by atoms with Crippen molar-refractivity contribution in [3.05, 3.63) is 166 Å². The average molecular weight is 1770 g/mol. The fraction of sp³-hybridized carbons (Fsp3) is 0.353. The lowest BCUT2D eigenvalue weighted by molar-refractivity contribution is -0.390. The Morgan fingerprint density at radius 2 is 0.414 bits per heavy atom. The van der Waals surface area contributed by atoms with Crippen molar-refractivity contribution >= 4 is 86.8 Å². The van der Waals surface area contributed by atoms with Crippen molar-refractivity contribution < 1.29 is 176 Å². The number of fused-ring (bicyclic) bond motifs is 8. The van der Waals surface area contributed by atoms with E-state index in [0.29, 0.717) is 48.5 Å². The highest BCUT2D eigenvalue weighted by Gasteiger charge is 2.77. The molecule has 3 aromatic heterocycles. The number of H-pyrrole nitrogens is 2. The molecule has 5 heterocycles. The molecule has 48 heteroatoms. The van der Waals surface area contributed by atoms with Crippen LogP contribution in [0.1, 0.15) is 70.7 Å². The van der Waals surface area contributed by atoms with E-state index in [2.05, 4.69) is 38.9 Å². The molecule has 0 spiro atoms. The highest BCUT2D eigenvalue weighted by atomic mass is 32.2. The van der Waals surface area contributed by atoms with Gasteiger partial charge in [0.15, 0.2) is 0 Å². The number of alkyl halides is 24. The van der Waals surface area contributed by atoms with Gasteiger partial charge in [-0.25, -0.2) is 9.97 Å². The maximum absolute atomic E-state index is 15.2. The van der Waals surface area contributed by atoms with Gasteiger partial charge in [0, 0.05) is 93.0 Å². The first kappa shape index (κ1) is 91.2. The summed E-state index contributed by atoms with van der Waals surface area (Å²) in [6.45, 7) is -6.61. The van der Waals surface area contributed by atoms with Crippen LogP contribution in [-0.4, -0.2) is 171 Å². The molecule has 634 valence electrons. The van der Waals surface area contributed by atoms with E-state index in [0.717, 1.165) is 48.6 Å². The lowest BCUT2D eigenvalue weighted by atomic mass is 9.90. The summed E-state index contributed by atoms with van der Waals surface area (Å²) in [7, 11) is -20.1. The number of benzene rings is 4. The smallest absolute Gasteiger partial charge is 0.354 e. The molecular formula is C68H54F24N4O16S4. The molecule has 0 unspecified atom stereocenters. The average Bonchev–Trinajstić information content (AvgIpc) is 0.769. The highest BCUT2D eigenvalue weighted by molar-refractivity contribution is 7.86. The highest BCUT2D eigenvalue weighted by Crippen LogP contribution is 2.58. The van der Waals surface area contributed by atoms with Gasteiger partial charge in [-0.05, 0) is 96.5 Å². The van der Waals surface area contributed by atoms with Crippen molar-refractivity contribution in [3.63, 3.8) is 0 Å². The number of hydrogen-bond donors (Lipinski definition) is 6. The second-order valence-electron chi connectivity index (χ2n) is 25.5. The zero-order chi connectivity index (χ0) is 86.7. The minimum atomic E-state index is -6.48. The van der Waals surface area contributed by atoms with Crippen LogP contribution in [0.3, 0.4) is 0 Å². The van der Waals surface area contributed by atoms with E-state index in [9.17, 15) is 33.7 Å². The quantitative estimate of drug-likeness (QED) is 0.0151. The number of nitrogens with one attached hydrogen (secondary N) is 2. The number of aromatic nitrogens is 4. The molecule has 2 aliphatic rings. The van der Waals surface area contributed by atoms with Gasteiger partial charge in [0.05, 0.1) is 45.8 Å². The summed E-state index contributed by atoms with van der Waals surface area (Å²) in [5, 5.41) is 0. The Hall–Kier alpha value is -8.72. The molecule has 116 heavy (non-hydrogen) atoms. The van der Waals surface area contributed by atoms with E-state index < -0.39 is 299 Å². The first-order valence-corrected chi connectivity index (χ1v) is 39.0. The third kappa shape index (κ3) is 18.7. The van der Waals surface area contributed by atoms with E-state index >= 15 is 105 Å². The standard InChI is InChI=1S/C68H54F24N4O16S4/c69-61(70,71)57(62(72,73)74,109-29-1-33-113(97,98)99)41-13-5-37(6-14-41)53-45-21-23-47(93-45)54(38-7-15-42(16-8-38)58(63(75,76)77,64(78,79)80)110-30-2-34-114(100,101)102)49-25-27-51(95-49)56(40-11-19-44(20-12-40)60(67(87,88)89,68(90,91)92)112-32-4-36-116(106,107)108)52-28-26-50(96-52)55(48-24-22-46(53)94-48)39-9-17-43(18-10-39)59(65(81,82)83,66(84,85)86)111-31-3-35-115(103,104)105/h5-28,93,96H,1-4,29-36H2,(H,97,98,99)(H,100,101,102)(H,103,104,105)(H,106,107,108). The van der Waals surface area contributed by atoms with Gasteiger partial charge < -0.3 is 28.9 Å². The molecule has 0 aliphatic carbocycles. The Morgan fingerprint density at radius 1 is 0.259 bits per heavy atom. The van der Waals surface area contributed by atoms with Gasteiger partial charge in [-0.2, -0.15) is 139 Å². The molecular weight excluding hydrogens is 1710 g/mol. The van der Waals surface area contributed by atoms with Gasteiger partial charge in [0.1, 0.15) is 0 Å². The topological polar surface area (TPSA) is 312 Å². The Bertz CT molecular complexity index is 4780. The van der Waals surface area contributed by atoms with Gasteiger partial charge in [0.2, 0.25) is 0 Å². The minimum absolute atomic E-state index is 0.211. The second-order valence-corrected chi connectivity index (χ2v) is 31.8. The summed E-state index contributed by atoms with van der Waals surface area (Å²) in [5.74, 6) is -5.64. The van der Waals surface area contributed by atoms with Crippen LogP contribution >= 0.6 is 0 Å². The monoisotopic (exact) mass is 1770 g/mol. The third-order valence-electron chi connectivity index (χ3n) is 17.7. The van der Waals surface area contributed by atoms with Crippen LogP contribution in [0.15, 0.2) is 121 Å². The molecule has 0 atom stereocenters. The van der Waals surface area contributed by atoms with Gasteiger partial charge in [-0.15, -0.1) is 0 Å². The number of nitrogens with zero attached hydrogens (tertiary/aromatic N) is 2. The summed E-state index contributed by atoms with van der Waals surface area (Å²) in [4.78, 5) is 14.9. The minimum Gasteiger partial charge on any atom is -0.354 e. The summed E-state index contributed by atoms with van der Waals surface area (Å²) in [5.41, 5.74) is -35.7. The van der Waals surface area contributed by atoms with Crippen LogP contribution in [0.2, 0.25) is 0 Å². The molecule has 20 nitrogen and oxygen atoms in total. The Labute approximate surface area is 638 Å². The fourth-order valence-electron chi connectivity index (χ4n) is 12.7. The molecule has 0 radical (unpaired) electrons. The van der Waals surface area contributed by atoms with E-state index in [1.54, 1.807) is 0 Å². The van der Waals surface area contributed by atoms with Crippen molar-refractivity contribution in [3.8, 4) is 44.5 Å². The van der Waals surface area contributed by atoms with Crippen LogP contribution in [0, 0.1) is 0 Å². The molecule has 7 aromatic rings. The summed E-state index contributed by atoms with van der Waals surface area (Å²) in [6, 6.07) is 10.6. The Balaban J connectivity index is 1.42. The van der Waals surface area contributed by atoms with Crippen molar-refractivity contribution in [1.29, 1.82) is 0 Å². The van der Waals surface area contributed by atoms with Crippen LogP contribution in [0.5, 0.6) is 0 Å². The zero-order valence-corrected chi connectivity index (χ0v) is 60.9. The number of ether oxygens (including phenoxy) is 4. The SMILES string of the molecule is O=S(=O)(O)CCCOC(c1ccc(-c2c3nc(c(-c4ccc(C(OCCCS(=O)(=O)O)(C(F)(F)F)C(F)(F)F)cc4)c4ccc([nH]4)c(-c4ccc(C(OCCCS(=O)(=O)O)(C(F)(F)F)C(F)(F)F)cc4)c4nc(c(-c5ccc(C(OCCCS(=O)(=O)O)(C(F)(F)F)C(F)(F)F)cc5)c5ccc2[nH]5)C=C4)C=C3)cc1)(C(F)(F)F)C(F)(F)F. The third-order valence-corrected chi connectivity index (χ3v) is 20.9. The maximum Gasteiger partial charge on any atom is 0.430 e. The van der Waals surface area contributed by atoms with E-state index in [-0.39, 0.29) is 48.5 Å². The van der Waals surface area contributed by atoms with Crippen molar-refractivity contribution in [2.45, 2.75) is 97.5 Å². The van der Waals surface area contributed by atoms with Gasteiger partial charge in [-0.1, -0.05) is 97.1 Å². The number of halogens is 24. The van der Waals surface area contributed by atoms with Gasteiger partial charge >= 0.3 is 49.4 Å². The van der Waals surface area contributed by atoms with E-state index in [1.807, 2.05) is 0 Å². The van der Waals surface area contributed by atoms with Crippen molar-refractivity contribution in [1.82, 2.24) is 19.9 Å². The molecule has 0 saturated heterocycles. The summed E-state index contributed by atoms with van der Waals surface area (Å²) in [6.07, 6.45) is -52.4. The first-order chi connectivity index (χ1) is 53.0. The Morgan fingerprint density at radius 3 is 0.552 bits per heavy atom. The number of aromatic amines is 2. The predicted molar refractivity (Wildman–Crippen MR) is 364 cm³/mol. The molecule has 0 amide bonds. The number of rotatable bonds is 28.